The maximum atomic E-state index is 14.1. The highest BCUT2D eigenvalue weighted by Crippen LogP contribution is 2.35. The summed E-state index contributed by atoms with van der Waals surface area (Å²) in [6.07, 6.45) is -2.78. The third-order valence-corrected chi connectivity index (χ3v) is 3.78. The maximum absolute atomic E-state index is 14.1. The van der Waals surface area contributed by atoms with Crippen molar-refractivity contribution < 1.29 is 28.2 Å². The van der Waals surface area contributed by atoms with Crippen LogP contribution in [0.2, 0.25) is 0 Å². The molecule has 1 amide bonds. The monoisotopic (exact) mass is 347 g/mol. The van der Waals surface area contributed by atoms with Gasteiger partial charge in [0.2, 0.25) is 5.78 Å². The summed E-state index contributed by atoms with van der Waals surface area (Å²) >= 11 is 0. The number of hydrogen-bond donors (Lipinski definition) is 1. The van der Waals surface area contributed by atoms with Gasteiger partial charge in [0, 0.05) is 18.5 Å². The van der Waals surface area contributed by atoms with Gasteiger partial charge in [0.25, 0.3) is 0 Å². The zero-order chi connectivity index (χ0) is 19.1. The van der Waals surface area contributed by atoms with Crippen molar-refractivity contribution in [2.45, 2.75) is 52.2 Å². The SMILES string of the molecule is C=CCC(C)(C)[C@@H](OC(=O)N(CC)CC)C(=O)C(F)(F)[C@H](O)C=C. The van der Waals surface area contributed by atoms with Crippen LogP contribution in [0.15, 0.2) is 25.3 Å². The second-order valence-corrected chi connectivity index (χ2v) is 6.09. The number of allylic oxidation sites excluding steroid dienone is 1. The number of ketones is 1. The summed E-state index contributed by atoms with van der Waals surface area (Å²) in [6, 6.07) is 0. The van der Waals surface area contributed by atoms with Gasteiger partial charge in [-0.3, -0.25) is 4.79 Å². The number of carbonyl (C=O) groups excluding carboxylic acids is 2. The molecule has 0 aliphatic rings. The largest absolute Gasteiger partial charge is 0.437 e. The van der Waals surface area contributed by atoms with Crippen molar-refractivity contribution in [1.29, 1.82) is 0 Å². The summed E-state index contributed by atoms with van der Waals surface area (Å²) in [5.41, 5.74) is -1.12. The highest BCUT2D eigenvalue weighted by Gasteiger charge is 2.53. The molecule has 24 heavy (non-hydrogen) atoms. The first-order chi connectivity index (χ1) is 11.0. The number of aliphatic hydroxyl groups is 1. The Labute approximate surface area is 142 Å². The van der Waals surface area contributed by atoms with E-state index in [2.05, 4.69) is 13.2 Å². The Hall–Kier alpha value is -1.76. The smallest absolute Gasteiger partial charge is 0.410 e. The summed E-state index contributed by atoms with van der Waals surface area (Å²) in [6.45, 7) is 13.7. The van der Waals surface area contributed by atoms with E-state index in [1.165, 1.54) is 24.8 Å². The lowest BCUT2D eigenvalue weighted by Crippen LogP contribution is -2.53. The van der Waals surface area contributed by atoms with E-state index >= 15 is 0 Å². The van der Waals surface area contributed by atoms with Crippen LogP contribution in [0.25, 0.3) is 0 Å². The predicted molar refractivity (Wildman–Crippen MR) is 87.9 cm³/mol. The van der Waals surface area contributed by atoms with E-state index in [0.29, 0.717) is 19.2 Å². The Morgan fingerprint density at radius 3 is 2.12 bits per heavy atom. The van der Waals surface area contributed by atoms with Gasteiger partial charge in [0.1, 0.15) is 6.10 Å². The zero-order valence-corrected chi connectivity index (χ0v) is 14.7. The molecule has 0 aliphatic heterocycles. The summed E-state index contributed by atoms with van der Waals surface area (Å²) in [4.78, 5) is 25.7. The van der Waals surface area contributed by atoms with Gasteiger partial charge in [-0.1, -0.05) is 26.0 Å². The van der Waals surface area contributed by atoms with Gasteiger partial charge < -0.3 is 14.7 Å². The highest BCUT2D eigenvalue weighted by molar-refractivity contribution is 5.92. The van der Waals surface area contributed by atoms with E-state index < -0.39 is 35.4 Å². The molecule has 0 unspecified atom stereocenters. The summed E-state index contributed by atoms with van der Waals surface area (Å²) in [5, 5.41) is 9.38. The number of carbonyl (C=O) groups is 2. The molecule has 0 radical (unpaired) electrons. The van der Waals surface area contributed by atoms with Crippen LogP contribution in [0.3, 0.4) is 0 Å². The molecule has 0 aliphatic carbocycles. The predicted octanol–water partition coefficient (Wildman–Crippen LogP) is 3.19. The number of aliphatic hydroxyl groups excluding tert-OH is 1. The lowest BCUT2D eigenvalue weighted by atomic mass is 9.79. The molecule has 0 aromatic rings. The minimum absolute atomic E-state index is 0.162. The molecule has 7 heteroatoms. The van der Waals surface area contributed by atoms with Crippen LogP contribution >= 0.6 is 0 Å². The van der Waals surface area contributed by atoms with E-state index in [9.17, 15) is 23.5 Å². The topological polar surface area (TPSA) is 66.8 Å². The molecule has 0 aromatic carbocycles. The van der Waals surface area contributed by atoms with Crippen molar-refractivity contribution in [3.05, 3.63) is 25.3 Å². The molecule has 1 N–H and O–H groups in total. The van der Waals surface area contributed by atoms with Crippen molar-refractivity contribution in [3.63, 3.8) is 0 Å². The number of Topliss-reactive ketones (excluding diaryl/α,β-unsaturated/α-hetero) is 1. The van der Waals surface area contributed by atoms with Gasteiger partial charge in [-0.05, 0) is 20.3 Å². The first kappa shape index (κ1) is 22.2. The lowest BCUT2D eigenvalue weighted by molar-refractivity contribution is -0.170. The van der Waals surface area contributed by atoms with E-state index in [-0.39, 0.29) is 6.42 Å². The minimum atomic E-state index is -4.12. The van der Waals surface area contributed by atoms with Crippen molar-refractivity contribution in [3.8, 4) is 0 Å². The quantitative estimate of drug-likeness (QED) is 0.616. The molecule has 0 bridgehead atoms. The molecule has 138 valence electrons. The van der Waals surface area contributed by atoms with Gasteiger partial charge in [0.05, 0.1) is 0 Å². The highest BCUT2D eigenvalue weighted by atomic mass is 19.3. The average molecular weight is 347 g/mol. The fourth-order valence-electron chi connectivity index (χ4n) is 2.17. The Balaban J connectivity index is 5.73. The Morgan fingerprint density at radius 2 is 1.75 bits per heavy atom. The Bertz CT molecular complexity index is 473. The van der Waals surface area contributed by atoms with Crippen LogP contribution in [-0.4, -0.2) is 53.1 Å². The minimum Gasteiger partial charge on any atom is -0.437 e. The Morgan fingerprint density at radius 1 is 1.25 bits per heavy atom. The number of ether oxygens (including phenoxy) is 1. The second kappa shape index (κ2) is 8.92. The van der Waals surface area contributed by atoms with Crippen molar-refractivity contribution in [2.75, 3.05) is 13.1 Å². The molecule has 0 rings (SSSR count). The van der Waals surface area contributed by atoms with Gasteiger partial charge in [0.15, 0.2) is 6.10 Å². The molecule has 0 aromatic heterocycles. The van der Waals surface area contributed by atoms with Crippen LogP contribution in [0, 0.1) is 5.41 Å². The van der Waals surface area contributed by atoms with Crippen LogP contribution in [0.1, 0.15) is 34.1 Å². The van der Waals surface area contributed by atoms with Gasteiger partial charge in [-0.15, -0.1) is 13.2 Å². The molecular formula is C17H27F2NO4. The molecule has 0 fully saturated rings. The Kier molecular flexibility index (Phi) is 8.26. The zero-order valence-electron chi connectivity index (χ0n) is 14.7. The molecule has 5 nitrogen and oxygen atoms in total. The lowest BCUT2D eigenvalue weighted by Gasteiger charge is -2.35. The van der Waals surface area contributed by atoms with Crippen LogP contribution in [0.4, 0.5) is 13.6 Å². The maximum Gasteiger partial charge on any atom is 0.410 e. The summed E-state index contributed by atoms with van der Waals surface area (Å²) in [5.74, 6) is -5.78. The number of rotatable bonds is 10. The molecule has 0 saturated carbocycles. The number of nitrogens with zero attached hydrogens (tertiary/aromatic N) is 1. The van der Waals surface area contributed by atoms with E-state index in [1.807, 2.05) is 0 Å². The number of alkyl halides is 2. The molecule has 0 spiro atoms. The molecule has 0 heterocycles. The van der Waals surface area contributed by atoms with Gasteiger partial charge in [-0.25, -0.2) is 4.79 Å². The van der Waals surface area contributed by atoms with Crippen molar-refractivity contribution >= 4 is 11.9 Å². The fraction of sp³-hybridized carbons (Fsp3) is 0.647. The van der Waals surface area contributed by atoms with Crippen LogP contribution < -0.4 is 0 Å². The van der Waals surface area contributed by atoms with E-state index in [1.54, 1.807) is 13.8 Å². The number of halogens is 2. The first-order valence-corrected chi connectivity index (χ1v) is 7.78. The average Bonchev–Trinajstić information content (AvgIpc) is 2.51. The normalized spacial score (nSPS) is 14.5. The molecular weight excluding hydrogens is 320 g/mol. The number of amides is 1. The fourth-order valence-corrected chi connectivity index (χ4v) is 2.17. The standard InChI is InChI=1S/C17H27F2NO4/c1-7-11-16(5,6)14(24-15(23)20(9-3)10-4)13(22)17(18,19)12(21)8-2/h7-8,12,14,21H,1-2,9-11H2,3-6H3/t12-,14+/m1/s1. The summed E-state index contributed by atoms with van der Waals surface area (Å²) in [7, 11) is 0. The molecule has 0 saturated heterocycles. The van der Waals surface area contributed by atoms with Gasteiger partial charge >= 0.3 is 12.0 Å². The summed E-state index contributed by atoms with van der Waals surface area (Å²) < 4.78 is 33.4. The number of hydrogen-bond acceptors (Lipinski definition) is 4. The van der Waals surface area contributed by atoms with Gasteiger partial charge in [-0.2, -0.15) is 8.78 Å². The van der Waals surface area contributed by atoms with Crippen LogP contribution in [-0.2, 0) is 9.53 Å². The van der Waals surface area contributed by atoms with Crippen LogP contribution in [0.5, 0.6) is 0 Å². The van der Waals surface area contributed by atoms with Crippen molar-refractivity contribution in [1.82, 2.24) is 4.90 Å². The van der Waals surface area contributed by atoms with Crippen molar-refractivity contribution in [2.24, 2.45) is 5.41 Å². The third kappa shape index (κ3) is 5.12. The third-order valence-electron chi connectivity index (χ3n) is 3.78. The van der Waals surface area contributed by atoms with E-state index in [4.69, 9.17) is 4.74 Å². The first-order valence-electron chi connectivity index (χ1n) is 7.78. The second-order valence-electron chi connectivity index (χ2n) is 6.09. The van der Waals surface area contributed by atoms with E-state index in [0.717, 1.165) is 0 Å². The molecule has 2 atom stereocenters.